The Hall–Kier alpha value is -3.53. The minimum Gasteiger partial charge on any atom is -0.506 e. The van der Waals surface area contributed by atoms with Gasteiger partial charge in [-0.25, -0.2) is 0 Å². The predicted octanol–water partition coefficient (Wildman–Crippen LogP) is 7.53. The van der Waals surface area contributed by atoms with Crippen molar-refractivity contribution in [3.63, 3.8) is 0 Å². The summed E-state index contributed by atoms with van der Waals surface area (Å²) in [6, 6.07) is 31.0. The Labute approximate surface area is 236 Å². The van der Waals surface area contributed by atoms with E-state index in [4.69, 9.17) is 9.72 Å². The van der Waals surface area contributed by atoms with Crippen molar-refractivity contribution in [2.24, 2.45) is 5.92 Å². The molecular weight excluding hydrogens is 647 g/mol. The number of hydrogen-bond acceptors (Lipinski definition) is 3. The second kappa shape index (κ2) is 10.7. The molecule has 1 saturated carbocycles. The number of ether oxygens (including phenoxy) is 1. The number of hydrogen-bond donors (Lipinski definition) is 0. The van der Waals surface area contributed by atoms with Crippen LogP contribution in [0.25, 0.3) is 39.3 Å². The summed E-state index contributed by atoms with van der Waals surface area (Å²) in [6.45, 7) is 1.54. The van der Waals surface area contributed by atoms with Gasteiger partial charge in [0.1, 0.15) is 5.75 Å². The van der Waals surface area contributed by atoms with Crippen LogP contribution in [0.1, 0.15) is 36.8 Å². The Morgan fingerprint density at radius 2 is 1.79 bits per heavy atom. The van der Waals surface area contributed by atoms with Gasteiger partial charge in [-0.05, 0) is 42.5 Å². The van der Waals surface area contributed by atoms with Crippen LogP contribution in [0.15, 0.2) is 85.1 Å². The molecule has 3 aromatic carbocycles. The minimum absolute atomic E-state index is 0. The van der Waals surface area contributed by atoms with Crippen LogP contribution in [0.5, 0.6) is 5.75 Å². The van der Waals surface area contributed by atoms with E-state index in [-0.39, 0.29) is 20.1 Å². The van der Waals surface area contributed by atoms with Crippen molar-refractivity contribution in [1.82, 2.24) is 14.5 Å². The number of para-hydroxylation sites is 1. The summed E-state index contributed by atoms with van der Waals surface area (Å²) in [5.41, 5.74) is 9.57. The van der Waals surface area contributed by atoms with E-state index in [2.05, 4.69) is 58.1 Å². The maximum Gasteiger partial charge on any atom is 0.103 e. The topological polar surface area (TPSA) is 39.9 Å². The van der Waals surface area contributed by atoms with Crippen molar-refractivity contribution in [1.29, 1.82) is 0 Å². The van der Waals surface area contributed by atoms with Gasteiger partial charge in [-0.2, -0.15) is 0 Å². The quantitative estimate of drug-likeness (QED) is 0.182. The van der Waals surface area contributed by atoms with Gasteiger partial charge in [0.2, 0.25) is 0 Å². The number of aromatic nitrogens is 3. The third-order valence-electron chi connectivity index (χ3n) is 7.65. The molecule has 0 atom stereocenters. The summed E-state index contributed by atoms with van der Waals surface area (Å²) in [5, 5.41) is 0. The molecule has 1 fully saturated rings. The van der Waals surface area contributed by atoms with Crippen molar-refractivity contribution < 1.29 is 24.8 Å². The van der Waals surface area contributed by atoms with E-state index >= 15 is 0 Å². The molecule has 0 bridgehead atoms. The maximum absolute atomic E-state index is 5.57. The Bertz CT molecular complexity index is 1570. The van der Waals surface area contributed by atoms with E-state index in [0.29, 0.717) is 6.61 Å². The molecule has 0 saturated heterocycles. The summed E-state index contributed by atoms with van der Waals surface area (Å²) in [4.78, 5) is 9.22. The molecule has 38 heavy (non-hydrogen) atoms. The largest absolute Gasteiger partial charge is 0.506 e. The Kier molecular flexibility index (Phi) is 6.97. The maximum atomic E-state index is 5.57. The Morgan fingerprint density at radius 3 is 2.66 bits per heavy atom. The molecule has 0 unspecified atom stereocenters. The van der Waals surface area contributed by atoms with Gasteiger partial charge < -0.3 is 14.3 Å². The third kappa shape index (κ3) is 4.40. The van der Waals surface area contributed by atoms with Gasteiger partial charge in [0.25, 0.3) is 0 Å². The zero-order chi connectivity index (χ0) is 24.6. The van der Waals surface area contributed by atoms with E-state index in [0.717, 1.165) is 51.9 Å². The van der Waals surface area contributed by atoms with Gasteiger partial charge in [0.15, 0.2) is 0 Å². The fraction of sp³-hybridized carbons (Fsp3) is 0.212. The van der Waals surface area contributed by atoms with Gasteiger partial charge in [0.05, 0.1) is 23.5 Å². The van der Waals surface area contributed by atoms with Crippen molar-refractivity contribution in [2.75, 3.05) is 0 Å². The minimum atomic E-state index is 0. The van der Waals surface area contributed by atoms with Crippen molar-refractivity contribution in [2.45, 2.75) is 38.8 Å². The fourth-order valence-electron chi connectivity index (χ4n) is 5.92. The van der Waals surface area contributed by atoms with Gasteiger partial charge in [0, 0.05) is 44.1 Å². The molecule has 0 N–H and O–H groups in total. The van der Waals surface area contributed by atoms with E-state index in [9.17, 15) is 0 Å². The molecule has 5 aromatic rings. The molecule has 1 aliphatic carbocycles. The molecule has 5 heteroatoms. The van der Waals surface area contributed by atoms with Gasteiger partial charge in [-0.3, -0.25) is 4.98 Å². The van der Waals surface area contributed by atoms with Crippen molar-refractivity contribution >= 4 is 16.6 Å². The molecular formula is C33H27IrN3O-2. The third-order valence-corrected chi connectivity index (χ3v) is 7.65. The van der Waals surface area contributed by atoms with Crippen LogP contribution in [-0.2, 0) is 33.3 Å². The summed E-state index contributed by atoms with van der Waals surface area (Å²) >= 11 is 0. The monoisotopic (exact) mass is 674 g/mol. The first kappa shape index (κ1) is 24.8. The van der Waals surface area contributed by atoms with Crippen molar-refractivity contribution in [3.05, 3.63) is 108 Å². The SMILES string of the molecule is [Ir].[c-]1cccc2c1-c1ncccc1OC2.[c-]1ccccc1-c1nc2cccc3c2n1CC=C3C1CCCC1. The number of imidazole rings is 1. The van der Waals surface area contributed by atoms with Gasteiger partial charge in [-0.15, -0.1) is 65.7 Å². The normalized spacial score (nSPS) is 15.3. The van der Waals surface area contributed by atoms with E-state index < -0.39 is 0 Å². The average Bonchev–Trinajstić information content (AvgIpc) is 3.64. The molecule has 2 aliphatic heterocycles. The molecule has 191 valence electrons. The summed E-state index contributed by atoms with van der Waals surface area (Å²) in [7, 11) is 0. The smallest absolute Gasteiger partial charge is 0.103 e. The molecule has 3 aliphatic rings. The number of rotatable bonds is 2. The van der Waals surface area contributed by atoms with Crippen LogP contribution < -0.4 is 4.74 Å². The molecule has 1 radical (unpaired) electrons. The number of benzene rings is 3. The number of fused-ring (bicyclic) bond motifs is 3. The van der Waals surface area contributed by atoms with Crippen LogP contribution in [0, 0.1) is 18.1 Å². The molecule has 4 nitrogen and oxygen atoms in total. The second-order valence-electron chi connectivity index (χ2n) is 9.85. The predicted molar refractivity (Wildman–Crippen MR) is 147 cm³/mol. The van der Waals surface area contributed by atoms with Crippen LogP contribution in [0.2, 0.25) is 0 Å². The molecule has 4 heterocycles. The van der Waals surface area contributed by atoms with Crippen LogP contribution in [0.4, 0.5) is 0 Å². The Balaban J connectivity index is 0.000000152. The standard InChI is InChI=1S/C21H19N2.C12H8NO.Ir/c1-2-9-16(10-3-1)21-22-19-12-6-11-18-17(15-7-4-5-8-15)13-14-23(21)20(18)19;1-2-5-10-9(4-1)8-14-11-6-3-7-13-12(10)11;/h1-3,6,9,11-13,15H,4-5,7-8,14H2;1-4,6-7H,8H2;/q2*-1;. The molecule has 0 spiro atoms. The number of allylic oxidation sites excluding steroid dienone is 2. The summed E-state index contributed by atoms with van der Waals surface area (Å²) in [5.74, 6) is 2.63. The van der Waals surface area contributed by atoms with E-state index in [1.54, 1.807) is 11.8 Å². The first-order valence-corrected chi connectivity index (χ1v) is 13.1. The fourth-order valence-corrected chi connectivity index (χ4v) is 5.92. The first-order chi connectivity index (χ1) is 18.4. The zero-order valence-corrected chi connectivity index (χ0v) is 23.4. The number of nitrogens with zero attached hydrogens (tertiary/aromatic N) is 3. The van der Waals surface area contributed by atoms with Gasteiger partial charge >= 0.3 is 0 Å². The summed E-state index contributed by atoms with van der Waals surface area (Å²) in [6.07, 6.45) is 9.65. The van der Waals surface area contributed by atoms with E-state index in [1.165, 1.54) is 36.8 Å². The first-order valence-electron chi connectivity index (χ1n) is 13.1. The average molecular weight is 674 g/mol. The zero-order valence-electron chi connectivity index (χ0n) is 21.0. The van der Waals surface area contributed by atoms with Crippen LogP contribution >= 0.6 is 0 Å². The Morgan fingerprint density at radius 1 is 0.895 bits per heavy atom. The molecule has 8 rings (SSSR count). The van der Waals surface area contributed by atoms with E-state index in [1.807, 2.05) is 42.5 Å². The second-order valence-corrected chi connectivity index (χ2v) is 9.85. The molecule has 2 aromatic heterocycles. The molecule has 0 amide bonds. The van der Waals surface area contributed by atoms with Gasteiger partial charge in [-0.1, -0.05) is 36.6 Å². The number of pyridine rings is 1. The van der Waals surface area contributed by atoms with Crippen LogP contribution in [0.3, 0.4) is 0 Å². The summed E-state index contributed by atoms with van der Waals surface area (Å²) < 4.78 is 7.92. The van der Waals surface area contributed by atoms with Crippen molar-refractivity contribution in [3.8, 4) is 28.4 Å². The van der Waals surface area contributed by atoms with Crippen LogP contribution in [-0.4, -0.2) is 14.5 Å².